The molecule has 1 amide bonds. The molecule has 0 bridgehead atoms. The molecule has 6 heteroatoms. The Morgan fingerprint density at radius 2 is 1.85 bits per heavy atom. The third-order valence-electron chi connectivity index (χ3n) is 5.29. The van der Waals surface area contributed by atoms with E-state index in [4.69, 9.17) is 14.2 Å². The molecule has 146 valence electrons. The van der Waals surface area contributed by atoms with Crippen LogP contribution in [0.25, 0.3) is 0 Å². The Labute approximate surface area is 159 Å². The van der Waals surface area contributed by atoms with Gasteiger partial charge in [-0.05, 0) is 18.8 Å². The summed E-state index contributed by atoms with van der Waals surface area (Å²) < 4.78 is 16.2. The Bertz CT molecular complexity index is 681. The van der Waals surface area contributed by atoms with Gasteiger partial charge in [-0.15, -0.1) is 0 Å². The predicted octanol–water partition coefficient (Wildman–Crippen LogP) is 2.57. The molecule has 2 fully saturated rings. The van der Waals surface area contributed by atoms with Gasteiger partial charge >= 0.3 is 0 Å². The number of hydrogen-bond donors (Lipinski definition) is 1. The number of ether oxygens (including phenoxy) is 3. The molecule has 6 nitrogen and oxygen atoms in total. The number of methoxy groups -OCH3 is 2. The fraction of sp³-hybridized carbons (Fsp3) is 0.524. The zero-order chi connectivity index (χ0) is 19.3. The second kappa shape index (κ2) is 8.78. The van der Waals surface area contributed by atoms with Gasteiger partial charge in [0.2, 0.25) is 11.7 Å². The van der Waals surface area contributed by atoms with Crippen LogP contribution in [0.15, 0.2) is 48.2 Å². The molecule has 0 spiro atoms. The standard InChI is InChI=1S/C21H27NO5/c1-25-21(26-2)17(14-16(23)19-20(21)27-19)22-18(24)13-9-4-3-6-10-15-11-7-5-8-12-15/h3-4,6,9-10,13-15,19-20H,5,7-8,11-12H2,1-2H3,(H,22,24)/b4-3+,10-6+,13-9+. The Morgan fingerprint density at radius 3 is 2.56 bits per heavy atom. The van der Waals surface area contributed by atoms with Crippen molar-refractivity contribution in [3.63, 3.8) is 0 Å². The molecule has 3 aliphatic rings. The van der Waals surface area contributed by atoms with Gasteiger partial charge in [-0.3, -0.25) is 9.59 Å². The van der Waals surface area contributed by atoms with Crippen LogP contribution < -0.4 is 5.32 Å². The van der Waals surface area contributed by atoms with Gasteiger partial charge in [0.1, 0.15) is 0 Å². The quantitative estimate of drug-likeness (QED) is 0.321. The third-order valence-corrected chi connectivity index (χ3v) is 5.29. The first-order valence-corrected chi connectivity index (χ1v) is 9.45. The van der Waals surface area contributed by atoms with Crippen molar-refractivity contribution in [3.05, 3.63) is 48.2 Å². The largest absolute Gasteiger partial charge is 0.355 e. The number of amides is 1. The lowest BCUT2D eigenvalue weighted by atomic mass is 9.89. The molecule has 2 unspecified atom stereocenters. The van der Waals surface area contributed by atoms with Gasteiger partial charge in [0.15, 0.2) is 18.0 Å². The molecule has 1 heterocycles. The molecule has 0 aromatic rings. The van der Waals surface area contributed by atoms with Crippen molar-refractivity contribution in [1.82, 2.24) is 5.32 Å². The summed E-state index contributed by atoms with van der Waals surface area (Å²) in [5.41, 5.74) is 0.257. The lowest BCUT2D eigenvalue weighted by molar-refractivity contribution is -0.195. The molecule has 0 radical (unpaired) electrons. The Hall–Kier alpha value is -2.02. The molecule has 1 saturated heterocycles. The van der Waals surface area contributed by atoms with Crippen molar-refractivity contribution < 1.29 is 23.8 Å². The topological polar surface area (TPSA) is 77.2 Å². The summed E-state index contributed by atoms with van der Waals surface area (Å²) in [7, 11) is 2.91. The lowest BCUT2D eigenvalue weighted by Gasteiger charge is -2.33. The minimum Gasteiger partial charge on any atom is -0.355 e. The van der Waals surface area contributed by atoms with Gasteiger partial charge in [-0.1, -0.05) is 49.6 Å². The highest BCUT2D eigenvalue weighted by Crippen LogP contribution is 2.43. The van der Waals surface area contributed by atoms with Gasteiger partial charge in [0.05, 0.1) is 5.70 Å². The molecule has 27 heavy (non-hydrogen) atoms. The smallest absolute Gasteiger partial charge is 0.248 e. The highest BCUT2D eigenvalue weighted by atomic mass is 16.7. The predicted molar refractivity (Wildman–Crippen MR) is 101 cm³/mol. The van der Waals surface area contributed by atoms with E-state index in [9.17, 15) is 9.59 Å². The van der Waals surface area contributed by atoms with Crippen LogP contribution in [0.4, 0.5) is 0 Å². The summed E-state index contributed by atoms with van der Waals surface area (Å²) in [4.78, 5) is 24.1. The summed E-state index contributed by atoms with van der Waals surface area (Å²) in [6.45, 7) is 0. The van der Waals surface area contributed by atoms with E-state index in [0.29, 0.717) is 5.92 Å². The van der Waals surface area contributed by atoms with Crippen molar-refractivity contribution in [2.24, 2.45) is 5.92 Å². The SMILES string of the molecule is COC1(OC)C(NC(=O)/C=C/C=C/C=C/C2CCCCC2)=CC(=O)C2OC21. The fourth-order valence-corrected chi connectivity index (χ4v) is 3.75. The number of allylic oxidation sites excluding steroid dienone is 5. The van der Waals surface area contributed by atoms with E-state index in [-0.39, 0.29) is 17.4 Å². The summed E-state index contributed by atoms with van der Waals surface area (Å²) in [6, 6.07) is 0. The highest BCUT2D eigenvalue weighted by Gasteiger charge is 2.64. The van der Waals surface area contributed by atoms with Crippen LogP contribution in [0.1, 0.15) is 32.1 Å². The number of carbonyl (C=O) groups excluding carboxylic acids is 2. The number of ketones is 1. The van der Waals surface area contributed by atoms with Crippen molar-refractivity contribution in [2.45, 2.75) is 50.1 Å². The molecule has 2 aliphatic carbocycles. The first kappa shape index (κ1) is 19.7. The van der Waals surface area contributed by atoms with Crippen molar-refractivity contribution in [1.29, 1.82) is 0 Å². The first-order valence-electron chi connectivity index (χ1n) is 9.45. The van der Waals surface area contributed by atoms with Gasteiger partial charge in [-0.25, -0.2) is 0 Å². The number of hydrogen-bond acceptors (Lipinski definition) is 5. The van der Waals surface area contributed by atoms with Crippen molar-refractivity contribution in [2.75, 3.05) is 14.2 Å². The number of fused-ring (bicyclic) bond motifs is 1. The molecule has 3 rings (SSSR count). The summed E-state index contributed by atoms with van der Waals surface area (Å²) in [5.74, 6) is -1.15. The highest BCUT2D eigenvalue weighted by molar-refractivity contribution is 5.99. The minimum absolute atomic E-state index is 0.197. The average molecular weight is 373 g/mol. The Kier molecular flexibility index (Phi) is 6.42. The minimum atomic E-state index is -1.26. The molecular formula is C21H27NO5. The average Bonchev–Trinajstić information content (AvgIpc) is 3.48. The normalized spacial score (nSPS) is 27.9. The molecule has 1 N–H and O–H groups in total. The van der Waals surface area contributed by atoms with E-state index in [1.165, 1.54) is 58.5 Å². The van der Waals surface area contributed by atoms with Crippen molar-refractivity contribution >= 4 is 11.7 Å². The molecule has 0 aromatic heterocycles. The zero-order valence-corrected chi connectivity index (χ0v) is 15.9. The van der Waals surface area contributed by atoms with Gasteiger partial charge in [0.25, 0.3) is 0 Å². The number of rotatable bonds is 7. The molecule has 1 aliphatic heterocycles. The first-order chi connectivity index (χ1) is 13.1. The monoisotopic (exact) mass is 373 g/mol. The second-order valence-corrected chi connectivity index (χ2v) is 7.03. The third kappa shape index (κ3) is 4.46. The van der Waals surface area contributed by atoms with E-state index in [1.807, 2.05) is 12.2 Å². The number of nitrogens with one attached hydrogen (secondary N) is 1. The van der Waals surface area contributed by atoms with E-state index in [0.717, 1.165) is 0 Å². The molecule has 0 aromatic carbocycles. The Balaban J connectivity index is 1.53. The van der Waals surface area contributed by atoms with Gasteiger partial charge in [0, 0.05) is 26.4 Å². The van der Waals surface area contributed by atoms with Crippen LogP contribution in [0, 0.1) is 5.92 Å². The summed E-state index contributed by atoms with van der Waals surface area (Å²) in [5, 5.41) is 2.67. The van der Waals surface area contributed by atoms with E-state index in [1.54, 1.807) is 12.2 Å². The fourth-order valence-electron chi connectivity index (χ4n) is 3.75. The maximum absolute atomic E-state index is 12.2. The van der Waals surface area contributed by atoms with Crippen molar-refractivity contribution in [3.8, 4) is 0 Å². The van der Waals surface area contributed by atoms with E-state index in [2.05, 4.69) is 11.4 Å². The zero-order valence-electron chi connectivity index (χ0n) is 15.9. The number of carbonyl (C=O) groups is 2. The van der Waals surface area contributed by atoms with E-state index < -0.39 is 18.0 Å². The van der Waals surface area contributed by atoms with Gasteiger partial charge < -0.3 is 19.5 Å². The summed E-state index contributed by atoms with van der Waals surface area (Å²) >= 11 is 0. The van der Waals surface area contributed by atoms with Crippen LogP contribution >= 0.6 is 0 Å². The van der Waals surface area contributed by atoms with Gasteiger partial charge in [-0.2, -0.15) is 0 Å². The van der Waals surface area contributed by atoms with Crippen LogP contribution in [0.5, 0.6) is 0 Å². The maximum Gasteiger partial charge on any atom is 0.248 e. The summed E-state index contributed by atoms with van der Waals surface area (Å²) in [6.07, 6.45) is 17.8. The molecular weight excluding hydrogens is 346 g/mol. The van der Waals surface area contributed by atoms with Crippen LogP contribution in [-0.4, -0.2) is 43.9 Å². The maximum atomic E-state index is 12.2. The molecule has 1 saturated carbocycles. The molecule has 2 atom stereocenters. The lowest BCUT2D eigenvalue weighted by Crippen LogP contribution is -2.51. The van der Waals surface area contributed by atoms with Crippen LogP contribution in [-0.2, 0) is 23.8 Å². The van der Waals surface area contributed by atoms with E-state index >= 15 is 0 Å². The van der Waals surface area contributed by atoms with Crippen LogP contribution in [0.2, 0.25) is 0 Å². The number of epoxide rings is 1. The van der Waals surface area contributed by atoms with Crippen LogP contribution in [0.3, 0.4) is 0 Å². The Morgan fingerprint density at radius 1 is 1.15 bits per heavy atom. The second-order valence-electron chi connectivity index (χ2n) is 7.03.